The summed E-state index contributed by atoms with van der Waals surface area (Å²) in [6.45, 7) is 8.44. The van der Waals surface area contributed by atoms with Crippen molar-refractivity contribution in [2.45, 2.75) is 39.8 Å². The molecule has 0 spiro atoms. The minimum atomic E-state index is -0.445. The third kappa shape index (κ3) is 4.55. The molecule has 0 aromatic carbocycles. The van der Waals surface area contributed by atoms with Crippen LogP contribution in [0.25, 0.3) is 10.2 Å². The van der Waals surface area contributed by atoms with Gasteiger partial charge in [-0.3, -0.25) is 14.6 Å². The van der Waals surface area contributed by atoms with E-state index in [0.717, 1.165) is 6.20 Å². The fourth-order valence-electron chi connectivity index (χ4n) is 3.49. The van der Waals surface area contributed by atoms with Crippen molar-refractivity contribution in [3.8, 4) is 0 Å². The lowest BCUT2D eigenvalue weighted by molar-refractivity contribution is -0.144. The highest BCUT2D eigenvalue weighted by atomic mass is 32.1. The third-order valence-electron chi connectivity index (χ3n) is 5.24. The Bertz CT molecular complexity index is 1170. The van der Waals surface area contributed by atoms with Crippen LogP contribution in [0.3, 0.4) is 0 Å². The van der Waals surface area contributed by atoms with E-state index in [1.165, 1.54) is 17.4 Å². The number of carbonyl (C=O) groups is 2. The summed E-state index contributed by atoms with van der Waals surface area (Å²) in [5.41, 5.74) is 1.13. The average molecular weight is 457 g/mol. The molecule has 1 aliphatic heterocycles. The highest BCUT2D eigenvalue weighted by molar-refractivity contribution is 7.17. The monoisotopic (exact) mass is 456 g/mol. The molecule has 1 saturated heterocycles. The zero-order valence-corrected chi connectivity index (χ0v) is 19.2. The van der Waals surface area contributed by atoms with Gasteiger partial charge in [-0.25, -0.2) is 14.4 Å². The van der Waals surface area contributed by atoms with Gasteiger partial charge < -0.3 is 15.5 Å². The minimum Gasteiger partial charge on any atom is -0.348 e. The standard InChI is InChI=1S/C22H25FN6O2S/c1-12(13-7-14(23)9-24-8-13)25-21-27-16-5-6-32-18(16)17(28-21)19(30)26-15-10-29(11-15)20(31)22(2,3)4/h5-9,12,15H,10-11H2,1-4H3,(H,26,30)(H,25,27,28). The van der Waals surface area contributed by atoms with E-state index in [0.29, 0.717) is 28.9 Å². The van der Waals surface area contributed by atoms with Gasteiger partial charge in [-0.2, -0.15) is 0 Å². The van der Waals surface area contributed by atoms with Crippen molar-refractivity contribution in [1.29, 1.82) is 0 Å². The zero-order chi connectivity index (χ0) is 23.0. The van der Waals surface area contributed by atoms with Gasteiger partial charge in [0.1, 0.15) is 5.82 Å². The molecule has 2 amide bonds. The molecule has 32 heavy (non-hydrogen) atoms. The van der Waals surface area contributed by atoms with Crippen molar-refractivity contribution < 1.29 is 14.0 Å². The van der Waals surface area contributed by atoms with Crippen molar-refractivity contribution in [3.05, 3.63) is 47.0 Å². The number of carbonyl (C=O) groups excluding carboxylic acids is 2. The molecule has 1 fully saturated rings. The summed E-state index contributed by atoms with van der Waals surface area (Å²) in [6.07, 6.45) is 2.71. The number of amides is 2. The smallest absolute Gasteiger partial charge is 0.271 e. The van der Waals surface area contributed by atoms with E-state index in [2.05, 4.69) is 25.6 Å². The van der Waals surface area contributed by atoms with Crippen LogP contribution in [0.4, 0.5) is 10.3 Å². The lowest BCUT2D eigenvalue weighted by atomic mass is 9.92. The first-order valence-corrected chi connectivity index (χ1v) is 11.2. The molecule has 0 bridgehead atoms. The molecule has 0 radical (unpaired) electrons. The lowest BCUT2D eigenvalue weighted by Crippen LogP contribution is -2.62. The summed E-state index contributed by atoms with van der Waals surface area (Å²) < 4.78 is 14.2. The molecule has 10 heteroatoms. The van der Waals surface area contributed by atoms with Gasteiger partial charge >= 0.3 is 0 Å². The first kappa shape index (κ1) is 22.1. The van der Waals surface area contributed by atoms with E-state index in [4.69, 9.17) is 0 Å². The molecule has 8 nitrogen and oxygen atoms in total. The van der Waals surface area contributed by atoms with Crippen molar-refractivity contribution >= 4 is 39.3 Å². The Balaban J connectivity index is 1.49. The van der Waals surface area contributed by atoms with E-state index in [-0.39, 0.29) is 35.5 Å². The summed E-state index contributed by atoms with van der Waals surface area (Å²) in [5, 5.41) is 7.95. The Kier molecular flexibility index (Phi) is 5.81. The van der Waals surface area contributed by atoms with Gasteiger partial charge in [-0.05, 0) is 30.0 Å². The number of hydrogen-bond acceptors (Lipinski definition) is 7. The van der Waals surface area contributed by atoms with Crippen LogP contribution in [0.1, 0.15) is 49.8 Å². The molecule has 1 unspecified atom stereocenters. The van der Waals surface area contributed by atoms with Gasteiger partial charge in [0.2, 0.25) is 11.9 Å². The second kappa shape index (κ2) is 8.42. The maximum Gasteiger partial charge on any atom is 0.271 e. The number of halogens is 1. The van der Waals surface area contributed by atoms with Crippen LogP contribution >= 0.6 is 11.3 Å². The number of pyridine rings is 1. The molecule has 2 N–H and O–H groups in total. The molecular weight excluding hydrogens is 431 g/mol. The maximum atomic E-state index is 13.5. The summed E-state index contributed by atoms with van der Waals surface area (Å²) >= 11 is 1.39. The highest BCUT2D eigenvalue weighted by Gasteiger charge is 2.37. The molecule has 3 aromatic rings. The fourth-order valence-corrected chi connectivity index (χ4v) is 4.31. The number of likely N-dealkylation sites (tertiary alicyclic amines) is 1. The predicted molar refractivity (Wildman–Crippen MR) is 121 cm³/mol. The molecule has 168 valence electrons. The van der Waals surface area contributed by atoms with E-state index in [9.17, 15) is 14.0 Å². The molecule has 1 aliphatic rings. The predicted octanol–water partition coefficient (Wildman–Crippen LogP) is 3.39. The van der Waals surface area contributed by atoms with Gasteiger partial charge in [0, 0.05) is 24.7 Å². The van der Waals surface area contributed by atoms with Crippen LogP contribution in [0.2, 0.25) is 0 Å². The lowest BCUT2D eigenvalue weighted by Gasteiger charge is -2.42. The number of aromatic nitrogens is 3. The Morgan fingerprint density at radius 1 is 1.25 bits per heavy atom. The molecule has 3 aromatic heterocycles. The molecular formula is C22H25FN6O2S. The van der Waals surface area contributed by atoms with Crippen molar-refractivity contribution in [3.63, 3.8) is 0 Å². The van der Waals surface area contributed by atoms with Crippen LogP contribution in [0.15, 0.2) is 29.9 Å². The number of anilines is 1. The average Bonchev–Trinajstić information content (AvgIpc) is 3.17. The number of nitrogens with zero attached hydrogens (tertiary/aromatic N) is 4. The van der Waals surface area contributed by atoms with Crippen LogP contribution < -0.4 is 10.6 Å². The van der Waals surface area contributed by atoms with E-state index < -0.39 is 11.2 Å². The van der Waals surface area contributed by atoms with Crippen LogP contribution in [-0.4, -0.2) is 50.8 Å². The largest absolute Gasteiger partial charge is 0.348 e. The van der Waals surface area contributed by atoms with Crippen LogP contribution in [-0.2, 0) is 4.79 Å². The number of hydrogen-bond donors (Lipinski definition) is 2. The SMILES string of the molecule is CC(Nc1nc(C(=O)NC2CN(C(=O)C(C)(C)C)C2)c2sccc2n1)c1cncc(F)c1. The number of nitrogens with one attached hydrogen (secondary N) is 2. The first-order chi connectivity index (χ1) is 15.1. The Morgan fingerprint density at radius 3 is 2.69 bits per heavy atom. The molecule has 1 atom stereocenters. The van der Waals surface area contributed by atoms with E-state index in [1.807, 2.05) is 39.1 Å². The zero-order valence-electron chi connectivity index (χ0n) is 18.3. The van der Waals surface area contributed by atoms with Crippen molar-refractivity contribution in [1.82, 2.24) is 25.2 Å². The van der Waals surface area contributed by atoms with Crippen molar-refractivity contribution in [2.24, 2.45) is 5.41 Å². The first-order valence-electron chi connectivity index (χ1n) is 10.3. The molecule has 4 heterocycles. The second-order valence-corrected chi connectivity index (χ2v) is 9.88. The summed E-state index contributed by atoms with van der Waals surface area (Å²) in [4.78, 5) is 39.9. The normalized spacial score (nSPS) is 15.3. The third-order valence-corrected chi connectivity index (χ3v) is 6.15. The van der Waals surface area contributed by atoms with Crippen LogP contribution in [0, 0.1) is 11.2 Å². The fraction of sp³-hybridized carbons (Fsp3) is 0.409. The number of rotatable bonds is 5. The summed E-state index contributed by atoms with van der Waals surface area (Å²) in [6, 6.07) is 2.79. The molecule has 0 saturated carbocycles. The van der Waals surface area contributed by atoms with E-state index >= 15 is 0 Å². The highest BCUT2D eigenvalue weighted by Crippen LogP contribution is 2.26. The second-order valence-electron chi connectivity index (χ2n) is 8.96. The maximum absolute atomic E-state index is 13.5. The minimum absolute atomic E-state index is 0.0676. The summed E-state index contributed by atoms with van der Waals surface area (Å²) in [5.74, 6) is -0.394. The number of fused-ring (bicyclic) bond motifs is 1. The Hall–Kier alpha value is -3.14. The van der Waals surface area contributed by atoms with Crippen LogP contribution in [0.5, 0.6) is 0 Å². The van der Waals surface area contributed by atoms with Gasteiger partial charge in [0.15, 0.2) is 5.69 Å². The van der Waals surface area contributed by atoms with Crippen molar-refractivity contribution in [2.75, 3.05) is 18.4 Å². The van der Waals surface area contributed by atoms with Gasteiger partial charge in [-0.1, -0.05) is 20.8 Å². The van der Waals surface area contributed by atoms with E-state index in [1.54, 1.807) is 11.1 Å². The molecule has 0 aliphatic carbocycles. The topological polar surface area (TPSA) is 100 Å². The Labute approximate surface area is 189 Å². The quantitative estimate of drug-likeness (QED) is 0.611. The number of thiophene rings is 1. The van der Waals surface area contributed by atoms with Gasteiger partial charge in [0.25, 0.3) is 5.91 Å². The van der Waals surface area contributed by atoms with Gasteiger partial charge in [0.05, 0.1) is 28.5 Å². The van der Waals surface area contributed by atoms with Gasteiger partial charge in [-0.15, -0.1) is 11.3 Å². The summed E-state index contributed by atoms with van der Waals surface area (Å²) in [7, 11) is 0. The Morgan fingerprint density at radius 2 is 2.00 bits per heavy atom. The molecule has 4 rings (SSSR count).